The smallest absolute Gasteiger partial charge is 0.237 e. The average molecular weight is 375 g/mol. The van der Waals surface area contributed by atoms with E-state index in [0.717, 1.165) is 44.3 Å². The number of hydrogen-bond acceptors (Lipinski definition) is 3. The molecule has 2 fully saturated rings. The van der Waals surface area contributed by atoms with Gasteiger partial charge in [0.25, 0.3) is 0 Å². The fraction of sp³-hybridized carbons (Fsp3) is 0.619. The van der Waals surface area contributed by atoms with Gasteiger partial charge in [0.05, 0.1) is 6.04 Å². The number of likely N-dealkylation sites (tertiary alicyclic amines) is 1. The molecule has 2 N–H and O–H groups in total. The summed E-state index contributed by atoms with van der Waals surface area (Å²) in [5.74, 6) is 0.341. The van der Waals surface area contributed by atoms with Gasteiger partial charge in [0.2, 0.25) is 11.8 Å². The summed E-state index contributed by atoms with van der Waals surface area (Å²) in [5, 5.41) is 6.26. The van der Waals surface area contributed by atoms with Crippen molar-refractivity contribution in [3.63, 3.8) is 0 Å². The van der Waals surface area contributed by atoms with Gasteiger partial charge >= 0.3 is 0 Å². The Bertz CT molecular complexity index is 643. The fourth-order valence-electron chi connectivity index (χ4n) is 4.03. The number of piperidine rings is 1. The summed E-state index contributed by atoms with van der Waals surface area (Å²) in [6.07, 6.45) is 4.39. The molecule has 2 heterocycles. The quantitative estimate of drug-likeness (QED) is 0.803. The minimum atomic E-state index is -0.258. The molecule has 0 bridgehead atoms. The number of nitrogens with one attached hydrogen (secondary N) is 2. The summed E-state index contributed by atoms with van der Waals surface area (Å²) in [7, 11) is 0. The molecule has 27 heavy (non-hydrogen) atoms. The number of halogens is 1. The second kappa shape index (κ2) is 9.31. The maximum absolute atomic E-state index is 13.1. The van der Waals surface area contributed by atoms with Crippen LogP contribution in [0, 0.1) is 11.7 Å². The molecule has 3 unspecified atom stereocenters. The third-order valence-corrected chi connectivity index (χ3v) is 5.73. The zero-order chi connectivity index (χ0) is 19.2. The molecule has 6 heteroatoms. The Kier molecular flexibility index (Phi) is 6.83. The average Bonchev–Trinajstić information content (AvgIpc) is 3.21. The van der Waals surface area contributed by atoms with Crippen molar-refractivity contribution in [1.82, 2.24) is 15.5 Å². The number of carbonyl (C=O) groups excluding carboxylic acids is 2. The van der Waals surface area contributed by atoms with E-state index in [4.69, 9.17) is 0 Å². The highest BCUT2D eigenvalue weighted by atomic mass is 19.1. The molecule has 1 aromatic carbocycles. The number of amides is 2. The standard InChI is InChI=1S/C21H30FN3O2/c1-15(17-6-8-18(22)9-7-17)12-20(26)25-11-3-4-16(14-25)13-24-21(27)19-5-2-10-23-19/h6-9,15-16,19,23H,2-5,10-14H2,1H3,(H,24,27). The highest BCUT2D eigenvalue weighted by molar-refractivity contribution is 5.82. The Morgan fingerprint density at radius 1 is 1.26 bits per heavy atom. The van der Waals surface area contributed by atoms with Crippen molar-refractivity contribution < 1.29 is 14.0 Å². The minimum absolute atomic E-state index is 0.0529. The van der Waals surface area contributed by atoms with E-state index in [0.29, 0.717) is 25.4 Å². The van der Waals surface area contributed by atoms with Crippen LogP contribution in [0.1, 0.15) is 50.5 Å². The summed E-state index contributed by atoms with van der Waals surface area (Å²) in [5.41, 5.74) is 0.981. The van der Waals surface area contributed by atoms with Crippen LogP contribution in [0.25, 0.3) is 0 Å². The van der Waals surface area contributed by atoms with Crippen molar-refractivity contribution in [2.24, 2.45) is 5.92 Å². The van der Waals surface area contributed by atoms with Gasteiger partial charge in [-0.3, -0.25) is 9.59 Å². The SMILES string of the molecule is CC(CC(=O)N1CCCC(CNC(=O)C2CCCN2)C1)c1ccc(F)cc1. The van der Waals surface area contributed by atoms with E-state index in [-0.39, 0.29) is 29.6 Å². The molecule has 0 saturated carbocycles. The lowest BCUT2D eigenvalue weighted by molar-refractivity contribution is -0.133. The highest BCUT2D eigenvalue weighted by Crippen LogP contribution is 2.23. The molecule has 3 rings (SSSR count). The molecule has 148 valence electrons. The van der Waals surface area contributed by atoms with Gasteiger partial charge in [0, 0.05) is 26.1 Å². The maximum Gasteiger partial charge on any atom is 0.237 e. The van der Waals surface area contributed by atoms with E-state index in [1.807, 2.05) is 11.8 Å². The van der Waals surface area contributed by atoms with Crippen LogP contribution < -0.4 is 10.6 Å². The molecular formula is C21H30FN3O2. The van der Waals surface area contributed by atoms with Gasteiger partial charge in [0.15, 0.2) is 0 Å². The molecular weight excluding hydrogens is 345 g/mol. The molecule has 2 aliphatic rings. The lowest BCUT2D eigenvalue weighted by Gasteiger charge is -2.33. The second-order valence-electron chi connectivity index (χ2n) is 7.90. The predicted molar refractivity (Wildman–Crippen MR) is 103 cm³/mol. The summed E-state index contributed by atoms with van der Waals surface area (Å²) < 4.78 is 13.1. The topological polar surface area (TPSA) is 61.4 Å². The Balaban J connectivity index is 1.45. The monoisotopic (exact) mass is 375 g/mol. The molecule has 1 aromatic rings. The molecule has 2 saturated heterocycles. The van der Waals surface area contributed by atoms with Crippen molar-refractivity contribution >= 4 is 11.8 Å². The third kappa shape index (κ3) is 5.51. The van der Waals surface area contributed by atoms with E-state index in [1.165, 1.54) is 12.1 Å². The molecule has 0 spiro atoms. The van der Waals surface area contributed by atoms with Crippen LogP contribution in [0.2, 0.25) is 0 Å². The number of nitrogens with zero attached hydrogens (tertiary/aromatic N) is 1. The van der Waals surface area contributed by atoms with Gasteiger partial charge in [-0.2, -0.15) is 0 Å². The largest absolute Gasteiger partial charge is 0.354 e. The van der Waals surface area contributed by atoms with Crippen LogP contribution in [0.15, 0.2) is 24.3 Å². The number of carbonyl (C=O) groups is 2. The first kappa shape index (κ1) is 19.8. The second-order valence-corrected chi connectivity index (χ2v) is 7.90. The van der Waals surface area contributed by atoms with Crippen molar-refractivity contribution in [2.45, 2.75) is 51.0 Å². The highest BCUT2D eigenvalue weighted by Gasteiger charge is 2.27. The lowest BCUT2D eigenvalue weighted by atomic mass is 9.94. The predicted octanol–water partition coefficient (Wildman–Crippen LogP) is 2.43. The van der Waals surface area contributed by atoms with E-state index in [9.17, 15) is 14.0 Å². The Morgan fingerprint density at radius 3 is 2.74 bits per heavy atom. The first-order valence-electron chi connectivity index (χ1n) is 10.1. The van der Waals surface area contributed by atoms with Crippen LogP contribution in [0.3, 0.4) is 0 Å². The minimum Gasteiger partial charge on any atom is -0.354 e. The van der Waals surface area contributed by atoms with Gasteiger partial charge in [0.1, 0.15) is 5.82 Å². The Morgan fingerprint density at radius 2 is 2.04 bits per heavy atom. The molecule has 5 nitrogen and oxygen atoms in total. The summed E-state index contributed by atoms with van der Waals surface area (Å²) >= 11 is 0. The lowest BCUT2D eigenvalue weighted by Crippen LogP contribution is -2.46. The van der Waals surface area contributed by atoms with Gasteiger partial charge in [-0.15, -0.1) is 0 Å². The molecule has 0 aliphatic carbocycles. The van der Waals surface area contributed by atoms with Crippen LogP contribution in [0.5, 0.6) is 0 Å². The number of benzene rings is 1. The normalized spacial score (nSPS) is 23.9. The zero-order valence-corrected chi connectivity index (χ0v) is 16.0. The molecule has 3 atom stereocenters. The Hall–Kier alpha value is -1.95. The van der Waals surface area contributed by atoms with Gasteiger partial charge < -0.3 is 15.5 Å². The maximum atomic E-state index is 13.1. The van der Waals surface area contributed by atoms with Gasteiger partial charge in [-0.05, 0) is 61.8 Å². The molecule has 0 aromatic heterocycles. The van der Waals surface area contributed by atoms with Crippen LogP contribution >= 0.6 is 0 Å². The van der Waals surface area contributed by atoms with Crippen molar-refractivity contribution in [3.8, 4) is 0 Å². The van der Waals surface area contributed by atoms with Crippen LogP contribution in [-0.2, 0) is 9.59 Å². The van der Waals surface area contributed by atoms with E-state index >= 15 is 0 Å². The first-order chi connectivity index (χ1) is 13.0. The molecule has 0 radical (unpaired) electrons. The summed E-state index contributed by atoms with van der Waals surface area (Å²) in [4.78, 5) is 26.8. The number of hydrogen-bond donors (Lipinski definition) is 2. The van der Waals surface area contributed by atoms with Crippen molar-refractivity contribution in [2.75, 3.05) is 26.2 Å². The van der Waals surface area contributed by atoms with Crippen molar-refractivity contribution in [3.05, 3.63) is 35.6 Å². The van der Waals surface area contributed by atoms with E-state index in [1.54, 1.807) is 12.1 Å². The summed E-state index contributed by atoms with van der Waals surface area (Å²) in [6, 6.07) is 6.32. The van der Waals surface area contributed by atoms with Crippen LogP contribution in [-0.4, -0.2) is 48.9 Å². The summed E-state index contributed by atoms with van der Waals surface area (Å²) in [6.45, 7) is 5.03. The number of rotatable bonds is 6. The van der Waals surface area contributed by atoms with Gasteiger partial charge in [-0.25, -0.2) is 4.39 Å². The third-order valence-electron chi connectivity index (χ3n) is 5.73. The van der Waals surface area contributed by atoms with E-state index in [2.05, 4.69) is 10.6 Å². The van der Waals surface area contributed by atoms with Gasteiger partial charge in [-0.1, -0.05) is 19.1 Å². The zero-order valence-electron chi connectivity index (χ0n) is 16.0. The Labute approximate surface area is 160 Å². The van der Waals surface area contributed by atoms with Crippen molar-refractivity contribution in [1.29, 1.82) is 0 Å². The van der Waals surface area contributed by atoms with Crippen LogP contribution in [0.4, 0.5) is 4.39 Å². The molecule has 2 aliphatic heterocycles. The molecule has 2 amide bonds. The fourth-order valence-corrected chi connectivity index (χ4v) is 4.03. The van der Waals surface area contributed by atoms with E-state index < -0.39 is 0 Å². The first-order valence-corrected chi connectivity index (χ1v) is 10.1.